The molecular formula is C13H20N2O2. The van der Waals surface area contributed by atoms with Crippen molar-refractivity contribution < 1.29 is 9.47 Å². The van der Waals surface area contributed by atoms with Crippen LogP contribution in [0.4, 0.5) is 5.69 Å². The van der Waals surface area contributed by atoms with Crippen molar-refractivity contribution in [1.29, 1.82) is 0 Å². The summed E-state index contributed by atoms with van der Waals surface area (Å²) < 4.78 is 11.1. The number of pyridine rings is 1. The van der Waals surface area contributed by atoms with E-state index < -0.39 is 0 Å². The summed E-state index contributed by atoms with van der Waals surface area (Å²) in [7, 11) is 0. The number of rotatable bonds is 7. The Labute approximate surface area is 102 Å². The third kappa shape index (κ3) is 3.80. The number of nitrogens with zero attached hydrogens (tertiary/aromatic N) is 1. The van der Waals surface area contributed by atoms with Crippen LogP contribution in [0.1, 0.15) is 32.6 Å². The van der Waals surface area contributed by atoms with E-state index in [4.69, 9.17) is 15.2 Å². The largest absolute Gasteiger partial charge is 0.478 e. The number of nitrogens with two attached hydrogens (primary N) is 1. The molecule has 0 aromatic carbocycles. The molecule has 1 heterocycles. The highest BCUT2D eigenvalue weighted by Gasteiger charge is 2.22. The maximum Gasteiger partial charge on any atom is 0.240 e. The van der Waals surface area contributed by atoms with Crippen LogP contribution in [0.3, 0.4) is 0 Å². The molecule has 0 atom stereocenters. The third-order valence-corrected chi connectivity index (χ3v) is 2.76. The van der Waals surface area contributed by atoms with Gasteiger partial charge in [0, 0.05) is 6.07 Å². The number of unbranched alkanes of at least 4 members (excludes halogenated alkanes) is 1. The Bertz CT molecular complexity index is 364. The average molecular weight is 236 g/mol. The fraction of sp³-hybridized carbons (Fsp3) is 0.615. The van der Waals surface area contributed by atoms with Crippen molar-refractivity contribution in [2.75, 3.05) is 18.9 Å². The molecule has 4 nitrogen and oxygen atoms in total. The molecule has 1 aromatic heterocycles. The molecule has 0 saturated heterocycles. The lowest BCUT2D eigenvalue weighted by Crippen LogP contribution is -2.05. The fourth-order valence-corrected chi connectivity index (χ4v) is 1.43. The lowest BCUT2D eigenvalue weighted by atomic mass is 10.3. The van der Waals surface area contributed by atoms with Gasteiger partial charge in [0.25, 0.3) is 0 Å². The zero-order chi connectivity index (χ0) is 12.1. The van der Waals surface area contributed by atoms with E-state index >= 15 is 0 Å². The lowest BCUT2D eigenvalue weighted by Gasteiger charge is -2.09. The van der Waals surface area contributed by atoms with Crippen molar-refractivity contribution >= 4 is 5.69 Å². The second kappa shape index (κ2) is 5.75. The van der Waals surface area contributed by atoms with Crippen LogP contribution in [0.5, 0.6) is 11.8 Å². The van der Waals surface area contributed by atoms with Crippen molar-refractivity contribution in [3.63, 3.8) is 0 Å². The predicted molar refractivity (Wildman–Crippen MR) is 67.3 cm³/mol. The van der Waals surface area contributed by atoms with Crippen molar-refractivity contribution in [1.82, 2.24) is 4.98 Å². The SMILES string of the molecule is CCCCOc1ccc(N)c(OCC2CC2)n1. The van der Waals surface area contributed by atoms with Crippen LogP contribution >= 0.6 is 0 Å². The smallest absolute Gasteiger partial charge is 0.240 e. The van der Waals surface area contributed by atoms with Crippen molar-refractivity contribution in [2.24, 2.45) is 5.92 Å². The van der Waals surface area contributed by atoms with Crippen LogP contribution in [0.2, 0.25) is 0 Å². The predicted octanol–water partition coefficient (Wildman–Crippen LogP) is 2.63. The number of hydrogen-bond donors (Lipinski definition) is 1. The van der Waals surface area contributed by atoms with E-state index in [0.29, 0.717) is 30.0 Å². The summed E-state index contributed by atoms with van der Waals surface area (Å²) in [6.07, 6.45) is 4.66. The second-order valence-electron chi connectivity index (χ2n) is 4.50. The molecule has 1 aliphatic rings. The molecule has 2 N–H and O–H groups in total. The molecule has 0 radical (unpaired) electrons. The molecule has 17 heavy (non-hydrogen) atoms. The van der Waals surface area contributed by atoms with Crippen LogP contribution in [-0.2, 0) is 0 Å². The zero-order valence-corrected chi connectivity index (χ0v) is 10.3. The van der Waals surface area contributed by atoms with Crippen LogP contribution in [0.25, 0.3) is 0 Å². The van der Waals surface area contributed by atoms with Crippen LogP contribution < -0.4 is 15.2 Å². The summed E-state index contributed by atoms with van der Waals surface area (Å²) in [6.45, 7) is 3.54. The minimum absolute atomic E-state index is 0.505. The molecule has 94 valence electrons. The van der Waals surface area contributed by atoms with Gasteiger partial charge in [-0.3, -0.25) is 0 Å². The number of ether oxygens (including phenoxy) is 2. The van der Waals surface area contributed by atoms with Gasteiger partial charge >= 0.3 is 0 Å². The maximum atomic E-state index is 5.81. The van der Waals surface area contributed by atoms with E-state index in [1.165, 1.54) is 12.8 Å². The summed E-state index contributed by atoms with van der Waals surface area (Å²) in [4.78, 5) is 4.27. The number of anilines is 1. The minimum atomic E-state index is 0.505. The van der Waals surface area contributed by atoms with Crippen LogP contribution in [0.15, 0.2) is 12.1 Å². The minimum Gasteiger partial charge on any atom is -0.478 e. The molecule has 1 fully saturated rings. The molecule has 1 aliphatic carbocycles. The molecule has 0 amide bonds. The number of aromatic nitrogens is 1. The van der Waals surface area contributed by atoms with Crippen molar-refractivity contribution in [3.05, 3.63) is 12.1 Å². The first-order valence-electron chi connectivity index (χ1n) is 6.31. The van der Waals surface area contributed by atoms with Gasteiger partial charge in [-0.15, -0.1) is 0 Å². The van der Waals surface area contributed by atoms with Gasteiger partial charge in [-0.05, 0) is 31.2 Å². The molecule has 0 spiro atoms. The van der Waals surface area contributed by atoms with E-state index in [1.54, 1.807) is 12.1 Å². The van der Waals surface area contributed by atoms with Gasteiger partial charge in [-0.25, -0.2) is 0 Å². The Hall–Kier alpha value is -1.45. The van der Waals surface area contributed by atoms with Gasteiger partial charge in [0.15, 0.2) is 0 Å². The normalized spacial score (nSPS) is 14.6. The molecule has 4 heteroatoms. The van der Waals surface area contributed by atoms with E-state index in [0.717, 1.165) is 19.4 Å². The topological polar surface area (TPSA) is 57.4 Å². The first-order valence-corrected chi connectivity index (χ1v) is 6.31. The third-order valence-electron chi connectivity index (χ3n) is 2.76. The van der Waals surface area contributed by atoms with Gasteiger partial charge in [0.1, 0.15) is 0 Å². The summed E-state index contributed by atoms with van der Waals surface area (Å²) in [5, 5.41) is 0. The van der Waals surface area contributed by atoms with Crippen molar-refractivity contribution in [3.8, 4) is 11.8 Å². The van der Waals surface area contributed by atoms with Gasteiger partial charge in [-0.2, -0.15) is 4.98 Å². The molecule has 1 aromatic rings. The molecule has 0 bridgehead atoms. The highest BCUT2D eigenvalue weighted by Crippen LogP contribution is 2.30. The summed E-state index contributed by atoms with van der Waals surface area (Å²) in [5.74, 6) is 1.80. The first kappa shape index (κ1) is 12.0. The number of nitrogen functional groups attached to an aromatic ring is 1. The van der Waals surface area contributed by atoms with Gasteiger partial charge in [-0.1, -0.05) is 13.3 Å². The fourth-order valence-electron chi connectivity index (χ4n) is 1.43. The quantitative estimate of drug-likeness (QED) is 0.739. The van der Waals surface area contributed by atoms with Gasteiger partial charge in [0.2, 0.25) is 11.8 Å². The molecule has 1 saturated carbocycles. The van der Waals surface area contributed by atoms with Crippen LogP contribution in [-0.4, -0.2) is 18.2 Å². The second-order valence-corrected chi connectivity index (χ2v) is 4.50. The number of hydrogen-bond acceptors (Lipinski definition) is 4. The summed E-state index contributed by atoms with van der Waals surface area (Å²) in [6, 6.07) is 3.57. The highest BCUT2D eigenvalue weighted by molar-refractivity contribution is 5.49. The van der Waals surface area contributed by atoms with E-state index in [2.05, 4.69) is 11.9 Å². The standard InChI is InChI=1S/C13H20N2O2/c1-2-3-8-16-12-7-6-11(14)13(15-12)17-9-10-4-5-10/h6-7,10H,2-5,8-9,14H2,1H3. The Morgan fingerprint density at radius 2 is 2.18 bits per heavy atom. The maximum absolute atomic E-state index is 5.81. The van der Waals surface area contributed by atoms with Crippen molar-refractivity contribution in [2.45, 2.75) is 32.6 Å². The first-order chi connectivity index (χ1) is 8.29. The summed E-state index contributed by atoms with van der Waals surface area (Å²) >= 11 is 0. The van der Waals surface area contributed by atoms with Crippen LogP contribution in [0, 0.1) is 5.92 Å². The lowest BCUT2D eigenvalue weighted by molar-refractivity contribution is 0.269. The Kier molecular flexibility index (Phi) is 4.07. The molecule has 2 rings (SSSR count). The molecular weight excluding hydrogens is 216 g/mol. The Morgan fingerprint density at radius 1 is 1.35 bits per heavy atom. The molecule has 0 aliphatic heterocycles. The van der Waals surface area contributed by atoms with E-state index in [-0.39, 0.29) is 0 Å². The Morgan fingerprint density at radius 3 is 2.88 bits per heavy atom. The van der Waals surface area contributed by atoms with E-state index in [1.807, 2.05) is 0 Å². The monoisotopic (exact) mass is 236 g/mol. The average Bonchev–Trinajstić information content (AvgIpc) is 3.14. The van der Waals surface area contributed by atoms with Gasteiger partial charge in [0.05, 0.1) is 18.9 Å². The highest BCUT2D eigenvalue weighted by atomic mass is 16.5. The summed E-state index contributed by atoms with van der Waals surface area (Å²) in [5.41, 5.74) is 6.39. The van der Waals surface area contributed by atoms with E-state index in [9.17, 15) is 0 Å². The zero-order valence-electron chi connectivity index (χ0n) is 10.3. The Balaban J connectivity index is 1.90. The molecule has 0 unspecified atom stereocenters. The van der Waals surface area contributed by atoms with Gasteiger partial charge < -0.3 is 15.2 Å².